The van der Waals surface area contributed by atoms with Crippen LogP contribution in [0.15, 0.2) is 11.3 Å². The average molecular weight is 387 g/mol. The Labute approximate surface area is 168 Å². The van der Waals surface area contributed by atoms with E-state index in [4.69, 9.17) is 9.47 Å². The molecule has 0 N–H and O–H groups in total. The number of ether oxygens (including phenoxy) is 2. The van der Waals surface area contributed by atoms with Crippen molar-refractivity contribution in [2.45, 2.75) is 84.5 Å². The molecule has 0 aromatic heterocycles. The maximum Gasteiger partial charge on any atom is 0.228 e. The lowest BCUT2D eigenvalue weighted by atomic mass is 9.61. The number of allylic oxidation sites excluding steroid dienone is 1. The standard InChI is InChI=1S/C24H34O4/c1-11-7-9-13-15(11)17-19(25)20(26)18-16-12(2)8-10-14(16)24(5,6)28-22(18)21(17)27-23(13,3)4/h11-17,21H,7-10H2,1-6H3/t11-,12-,13+,14+,15+,16+,17?,21?/m0/s1. The smallest absolute Gasteiger partial charge is 0.228 e. The zero-order chi connectivity index (χ0) is 20.2. The van der Waals surface area contributed by atoms with Gasteiger partial charge in [-0.3, -0.25) is 9.59 Å². The van der Waals surface area contributed by atoms with Crippen molar-refractivity contribution < 1.29 is 19.1 Å². The number of ketones is 2. The Balaban J connectivity index is 1.68. The van der Waals surface area contributed by atoms with Crippen LogP contribution in [0.25, 0.3) is 0 Å². The van der Waals surface area contributed by atoms with E-state index in [-0.39, 0.29) is 40.5 Å². The molecule has 5 rings (SSSR count). The third-order valence-corrected chi connectivity index (χ3v) is 8.99. The van der Waals surface area contributed by atoms with Crippen molar-refractivity contribution in [2.24, 2.45) is 41.4 Å². The molecule has 2 heterocycles. The average Bonchev–Trinajstić information content (AvgIpc) is 3.17. The molecule has 4 nitrogen and oxygen atoms in total. The van der Waals surface area contributed by atoms with Gasteiger partial charge >= 0.3 is 0 Å². The summed E-state index contributed by atoms with van der Waals surface area (Å²) in [6.07, 6.45) is 3.92. The predicted molar refractivity (Wildman–Crippen MR) is 105 cm³/mol. The zero-order valence-electron chi connectivity index (χ0n) is 18.1. The van der Waals surface area contributed by atoms with Gasteiger partial charge < -0.3 is 9.47 Å². The van der Waals surface area contributed by atoms with Crippen LogP contribution in [0, 0.1) is 41.4 Å². The molecule has 2 aliphatic heterocycles. The molecule has 0 aromatic rings. The quantitative estimate of drug-likeness (QED) is 0.582. The summed E-state index contributed by atoms with van der Waals surface area (Å²) in [5, 5.41) is 0. The van der Waals surface area contributed by atoms with Crippen molar-refractivity contribution >= 4 is 11.6 Å². The number of carbonyl (C=O) groups is 2. The van der Waals surface area contributed by atoms with Crippen LogP contribution >= 0.6 is 0 Å². The summed E-state index contributed by atoms with van der Waals surface area (Å²) in [5.41, 5.74) is 0.0343. The fourth-order valence-corrected chi connectivity index (χ4v) is 7.66. The molecule has 3 aliphatic carbocycles. The third kappa shape index (κ3) is 2.27. The summed E-state index contributed by atoms with van der Waals surface area (Å²) in [7, 11) is 0. The van der Waals surface area contributed by atoms with Crippen molar-refractivity contribution in [1.82, 2.24) is 0 Å². The highest BCUT2D eigenvalue weighted by molar-refractivity contribution is 6.45. The topological polar surface area (TPSA) is 52.6 Å². The van der Waals surface area contributed by atoms with Gasteiger partial charge in [-0.25, -0.2) is 0 Å². The summed E-state index contributed by atoms with van der Waals surface area (Å²) in [6.45, 7) is 13.1. The lowest BCUT2D eigenvalue weighted by Gasteiger charge is -2.55. The first kappa shape index (κ1) is 18.8. The number of rotatable bonds is 0. The first-order chi connectivity index (χ1) is 13.0. The van der Waals surface area contributed by atoms with Crippen molar-refractivity contribution in [3.63, 3.8) is 0 Å². The highest BCUT2D eigenvalue weighted by Gasteiger charge is 2.64. The number of hydrogen-bond acceptors (Lipinski definition) is 4. The fraction of sp³-hybridized carbons (Fsp3) is 0.833. The molecule has 1 saturated heterocycles. The minimum Gasteiger partial charge on any atom is -0.489 e. The van der Waals surface area contributed by atoms with E-state index < -0.39 is 6.10 Å². The molecule has 2 unspecified atom stereocenters. The van der Waals surface area contributed by atoms with Gasteiger partial charge in [-0.2, -0.15) is 0 Å². The summed E-state index contributed by atoms with van der Waals surface area (Å²) in [6, 6.07) is 0. The van der Waals surface area contributed by atoms with E-state index in [9.17, 15) is 9.59 Å². The van der Waals surface area contributed by atoms with Crippen LogP contribution in [-0.4, -0.2) is 28.9 Å². The Morgan fingerprint density at radius 2 is 1.46 bits per heavy atom. The van der Waals surface area contributed by atoms with E-state index >= 15 is 0 Å². The van der Waals surface area contributed by atoms with Crippen molar-refractivity contribution in [1.29, 1.82) is 0 Å². The van der Waals surface area contributed by atoms with Crippen molar-refractivity contribution in [3.8, 4) is 0 Å². The lowest BCUT2D eigenvalue weighted by molar-refractivity contribution is -0.208. The van der Waals surface area contributed by atoms with E-state index in [0.717, 1.165) is 25.7 Å². The van der Waals surface area contributed by atoms with Gasteiger partial charge in [-0.1, -0.05) is 20.3 Å². The van der Waals surface area contributed by atoms with Gasteiger partial charge in [0, 0.05) is 17.4 Å². The van der Waals surface area contributed by atoms with Gasteiger partial charge in [0.05, 0.1) is 11.5 Å². The molecular weight excluding hydrogens is 352 g/mol. The Morgan fingerprint density at radius 3 is 2.18 bits per heavy atom. The maximum absolute atomic E-state index is 13.5. The molecule has 154 valence electrons. The Bertz CT molecular complexity index is 775. The molecule has 0 bridgehead atoms. The van der Waals surface area contributed by atoms with Gasteiger partial charge in [0.25, 0.3) is 0 Å². The molecule has 0 radical (unpaired) electrons. The van der Waals surface area contributed by atoms with Crippen LogP contribution in [0.4, 0.5) is 0 Å². The molecule has 5 aliphatic rings. The van der Waals surface area contributed by atoms with Crippen LogP contribution in [0.3, 0.4) is 0 Å². The van der Waals surface area contributed by atoms with Gasteiger partial charge in [0.2, 0.25) is 11.6 Å². The van der Waals surface area contributed by atoms with Gasteiger partial charge in [-0.05, 0) is 70.6 Å². The first-order valence-corrected chi connectivity index (χ1v) is 11.2. The van der Waals surface area contributed by atoms with Crippen LogP contribution in [0.2, 0.25) is 0 Å². The fourth-order valence-electron chi connectivity index (χ4n) is 7.66. The number of Topliss-reactive ketones (excluding diaryl/α,β-unsaturated/α-hetero) is 2. The summed E-state index contributed by atoms with van der Waals surface area (Å²) in [4.78, 5) is 26.9. The van der Waals surface area contributed by atoms with Crippen molar-refractivity contribution in [3.05, 3.63) is 11.3 Å². The molecule has 0 aromatic carbocycles. The zero-order valence-corrected chi connectivity index (χ0v) is 18.1. The number of carbonyl (C=O) groups excluding carboxylic acids is 2. The monoisotopic (exact) mass is 386 g/mol. The summed E-state index contributed by atoms with van der Waals surface area (Å²) < 4.78 is 13.2. The Hall–Kier alpha value is -1.16. The van der Waals surface area contributed by atoms with E-state index in [1.54, 1.807) is 0 Å². The van der Waals surface area contributed by atoms with Gasteiger partial charge in [0.1, 0.15) is 17.5 Å². The summed E-state index contributed by atoms with van der Waals surface area (Å²) in [5.74, 6) is 1.68. The van der Waals surface area contributed by atoms with E-state index in [1.807, 2.05) is 0 Å². The van der Waals surface area contributed by atoms with Crippen LogP contribution < -0.4 is 0 Å². The Morgan fingerprint density at radius 1 is 0.821 bits per heavy atom. The minimum atomic E-state index is -0.398. The van der Waals surface area contributed by atoms with Crippen molar-refractivity contribution in [2.75, 3.05) is 0 Å². The molecule has 28 heavy (non-hydrogen) atoms. The van der Waals surface area contributed by atoms with E-state index in [1.165, 1.54) is 0 Å². The number of fused-ring (bicyclic) bond motifs is 6. The second-order valence-electron chi connectivity index (χ2n) is 11.3. The molecule has 0 amide bonds. The third-order valence-electron chi connectivity index (χ3n) is 8.99. The van der Waals surface area contributed by atoms with Crippen LogP contribution in [0.5, 0.6) is 0 Å². The maximum atomic E-state index is 13.5. The normalized spacial score (nSPS) is 48.5. The Kier molecular flexibility index (Phi) is 3.84. The minimum absolute atomic E-state index is 0.126. The molecule has 0 spiro atoms. The van der Waals surface area contributed by atoms with E-state index in [0.29, 0.717) is 35.0 Å². The molecule has 3 fully saturated rings. The predicted octanol–water partition coefficient (Wildman–Crippen LogP) is 4.32. The highest BCUT2D eigenvalue weighted by Crippen LogP contribution is 2.60. The lowest BCUT2D eigenvalue weighted by Crippen LogP contribution is -2.61. The van der Waals surface area contributed by atoms with E-state index in [2.05, 4.69) is 41.5 Å². The molecular formula is C24H34O4. The molecule has 2 saturated carbocycles. The second-order valence-corrected chi connectivity index (χ2v) is 11.3. The highest BCUT2D eigenvalue weighted by atomic mass is 16.6. The van der Waals surface area contributed by atoms with Gasteiger partial charge in [-0.15, -0.1) is 0 Å². The summed E-state index contributed by atoms with van der Waals surface area (Å²) >= 11 is 0. The second kappa shape index (κ2) is 5.71. The molecule has 4 heteroatoms. The SMILES string of the molecule is C[C@H]1CC[C@@H]2[C@@H]1C1=C(OC2(C)C)C2OC(C)(C)[C@@H]3CC[C@H](C)[C@H]3C2C(=O)C1=O. The molecule has 8 atom stereocenters. The van der Waals surface area contributed by atoms with Gasteiger partial charge in [0.15, 0.2) is 0 Å². The first-order valence-electron chi connectivity index (χ1n) is 11.2. The van der Waals surface area contributed by atoms with Crippen LogP contribution in [-0.2, 0) is 19.1 Å². The number of hydrogen-bond donors (Lipinski definition) is 0. The van der Waals surface area contributed by atoms with Crippen LogP contribution in [0.1, 0.15) is 67.2 Å². The largest absolute Gasteiger partial charge is 0.489 e.